The van der Waals surface area contributed by atoms with Crippen molar-refractivity contribution in [1.29, 1.82) is 0 Å². The smallest absolute Gasteiger partial charge is 0.342 e. The molecule has 0 aliphatic carbocycles. The van der Waals surface area contributed by atoms with Gasteiger partial charge in [-0.05, 0) is 35.4 Å². The zero-order valence-corrected chi connectivity index (χ0v) is 10.9. The van der Waals surface area contributed by atoms with Crippen molar-refractivity contribution in [2.45, 2.75) is 11.5 Å². The van der Waals surface area contributed by atoms with E-state index in [0.717, 1.165) is 11.8 Å². The molecule has 0 saturated carbocycles. The average molecular weight is 282 g/mol. The molecule has 0 saturated heterocycles. The first kappa shape index (κ1) is 9.85. The number of nitrogens with zero attached hydrogens (tertiary/aromatic N) is 3. The highest BCUT2D eigenvalue weighted by molar-refractivity contribution is 7.98. The van der Waals surface area contributed by atoms with E-state index in [4.69, 9.17) is 8.85 Å². The summed E-state index contributed by atoms with van der Waals surface area (Å²) in [6.07, 6.45) is -0.914. The molecule has 0 spiro atoms. The third-order valence-electron chi connectivity index (χ3n) is 2.56. The van der Waals surface area contributed by atoms with Crippen LogP contribution in [0.3, 0.4) is 0 Å². The Kier molecular flexibility index (Phi) is 2.98. The fraction of sp³-hybridized carbons (Fsp3) is 0.250. The number of benzene rings is 1. The Hall–Kier alpha value is -2.02. The molecule has 6 nitrogen and oxygen atoms in total. The van der Waals surface area contributed by atoms with Gasteiger partial charge in [0.15, 0.2) is 6.61 Å². The predicted octanol–water partition coefficient (Wildman–Crippen LogP) is 2.63. The van der Waals surface area contributed by atoms with Crippen LogP contribution in [0.2, 0.25) is 0 Å². The number of nitro groups is 1. The maximum atomic E-state index is 10.7. The van der Waals surface area contributed by atoms with Crippen LogP contribution in [-0.4, -0.2) is 20.7 Å². The van der Waals surface area contributed by atoms with Crippen LogP contribution in [0.5, 0.6) is 5.75 Å². The second-order valence-electron chi connectivity index (χ2n) is 3.71. The molecule has 0 amide bonds. The summed E-state index contributed by atoms with van der Waals surface area (Å²) in [5.74, 6) is 0.844. The van der Waals surface area contributed by atoms with E-state index in [-0.39, 0.29) is 12.4 Å². The van der Waals surface area contributed by atoms with Gasteiger partial charge in [0.2, 0.25) is 5.82 Å². The van der Waals surface area contributed by atoms with Crippen molar-refractivity contribution >= 4 is 17.6 Å². The highest BCUT2D eigenvalue weighted by Crippen LogP contribution is 2.20. The molecule has 2 rings (SSSR count). The molecule has 2 aromatic rings. The van der Waals surface area contributed by atoms with E-state index in [1.165, 1.54) is 10.8 Å². The number of hydrogen-bond acceptors (Lipinski definition) is 5. The first-order chi connectivity index (χ1) is 10.3. The van der Waals surface area contributed by atoms with Gasteiger partial charge in [-0.25, -0.2) is 9.55 Å². The fourth-order valence-corrected chi connectivity index (χ4v) is 1.77. The Morgan fingerprint density at radius 1 is 1.53 bits per heavy atom. The molecule has 0 radical (unpaired) electrons. The van der Waals surface area contributed by atoms with Crippen LogP contribution in [0.1, 0.15) is 9.94 Å². The van der Waals surface area contributed by atoms with Gasteiger partial charge in [-0.3, -0.25) is 0 Å². The molecular formula is C12H13N3O3S. The van der Waals surface area contributed by atoms with E-state index < -0.39 is 11.1 Å². The summed E-state index contributed by atoms with van der Waals surface area (Å²) in [5, 5.41) is 10.7. The van der Waals surface area contributed by atoms with Crippen LogP contribution in [0.25, 0.3) is 0 Å². The third-order valence-corrected chi connectivity index (χ3v) is 3.06. The van der Waals surface area contributed by atoms with E-state index in [1.807, 2.05) is 0 Å². The highest BCUT2D eigenvalue weighted by Gasteiger charge is 2.16. The van der Waals surface area contributed by atoms with Crippen LogP contribution < -0.4 is 4.74 Å². The van der Waals surface area contributed by atoms with Gasteiger partial charge in [-0.15, -0.1) is 11.8 Å². The Labute approximate surface area is 118 Å². The third kappa shape index (κ3) is 3.05. The molecular weight excluding hydrogens is 266 g/mol. The van der Waals surface area contributed by atoms with Gasteiger partial charge in [0, 0.05) is 9.01 Å². The minimum atomic E-state index is -2.09. The second-order valence-corrected chi connectivity index (χ2v) is 4.39. The van der Waals surface area contributed by atoms with Gasteiger partial charge in [0.1, 0.15) is 11.9 Å². The van der Waals surface area contributed by atoms with E-state index in [9.17, 15) is 10.1 Å². The monoisotopic (exact) mass is 282 g/mol. The van der Waals surface area contributed by atoms with Crippen molar-refractivity contribution in [3.8, 4) is 5.75 Å². The highest BCUT2D eigenvalue weighted by atomic mass is 32.2. The van der Waals surface area contributed by atoms with Crippen molar-refractivity contribution < 1.29 is 13.8 Å². The van der Waals surface area contributed by atoms with Crippen molar-refractivity contribution in [2.75, 3.05) is 6.18 Å². The van der Waals surface area contributed by atoms with E-state index in [0.29, 0.717) is 16.5 Å². The number of hydrogen-bond donors (Lipinski definition) is 0. The number of imidazole rings is 1. The van der Waals surface area contributed by atoms with Crippen molar-refractivity contribution in [2.24, 2.45) is 7.05 Å². The van der Waals surface area contributed by atoms with Gasteiger partial charge >= 0.3 is 5.82 Å². The van der Waals surface area contributed by atoms with Crippen LogP contribution in [0.15, 0.2) is 35.4 Å². The summed E-state index contributed by atoms with van der Waals surface area (Å²) in [5.41, 5.74) is 0. The number of ether oxygens (including phenoxy) is 1. The maximum absolute atomic E-state index is 10.7. The average Bonchev–Trinajstić information content (AvgIpc) is 2.78. The molecule has 1 aromatic heterocycles. The van der Waals surface area contributed by atoms with E-state index in [1.54, 1.807) is 31.3 Å². The quantitative estimate of drug-likeness (QED) is 0.479. The zero-order valence-electron chi connectivity index (χ0n) is 13.1. The Balaban J connectivity index is 1.99. The van der Waals surface area contributed by atoms with Gasteiger partial charge in [-0.1, -0.05) is 0 Å². The Morgan fingerprint density at radius 2 is 2.26 bits per heavy atom. The second kappa shape index (κ2) is 5.75. The summed E-state index contributed by atoms with van der Waals surface area (Å²) in [4.78, 5) is 14.7. The molecule has 0 unspecified atom stereocenters. The lowest BCUT2D eigenvalue weighted by Crippen LogP contribution is -2.05. The largest absolute Gasteiger partial charge is 0.483 e. The summed E-state index contributed by atoms with van der Waals surface area (Å²) in [6, 6.07) is 6.58. The van der Waals surface area contributed by atoms with Gasteiger partial charge in [0.25, 0.3) is 0 Å². The van der Waals surface area contributed by atoms with Crippen LogP contribution >= 0.6 is 11.8 Å². The molecule has 0 aliphatic rings. The van der Waals surface area contributed by atoms with E-state index >= 15 is 0 Å². The summed E-state index contributed by atoms with van der Waals surface area (Å²) >= 11 is 0.786. The number of aromatic nitrogens is 2. The summed E-state index contributed by atoms with van der Waals surface area (Å²) < 4.78 is 28.4. The number of thioether (sulfide) groups is 1. The molecule has 0 atom stereocenters. The van der Waals surface area contributed by atoms with Crippen LogP contribution in [0.4, 0.5) is 5.82 Å². The molecule has 1 aromatic carbocycles. The van der Waals surface area contributed by atoms with Gasteiger partial charge in [-0.2, -0.15) is 0 Å². The van der Waals surface area contributed by atoms with E-state index in [2.05, 4.69) is 4.98 Å². The molecule has 0 bridgehead atoms. The lowest BCUT2D eigenvalue weighted by atomic mass is 10.3. The van der Waals surface area contributed by atoms with Crippen molar-refractivity contribution in [3.63, 3.8) is 0 Å². The first-order valence-electron chi connectivity index (χ1n) is 6.83. The predicted molar refractivity (Wildman–Crippen MR) is 72.4 cm³/mol. The number of rotatable bonds is 5. The topological polar surface area (TPSA) is 70.2 Å². The molecule has 19 heavy (non-hydrogen) atoms. The fourth-order valence-electron chi connectivity index (χ4n) is 1.49. The van der Waals surface area contributed by atoms with Gasteiger partial charge < -0.3 is 14.9 Å². The Morgan fingerprint density at radius 3 is 2.84 bits per heavy atom. The molecule has 1 heterocycles. The molecule has 100 valence electrons. The maximum Gasteiger partial charge on any atom is 0.342 e. The zero-order chi connectivity index (χ0) is 16.3. The molecule has 0 fully saturated rings. The lowest BCUT2D eigenvalue weighted by Gasteiger charge is -2.05. The minimum Gasteiger partial charge on any atom is -0.483 e. The summed E-state index contributed by atoms with van der Waals surface area (Å²) in [7, 11) is 1.54. The molecule has 0 aliphatic heterocycles. The van der Waals surface area contributed by atoms with Crippen LogP contribution in [0, 0.1) is 10.1 Å². The summed E-state index contributed by atoms with van der Waals surface area (Å²) in [6.45, 7) is 0.0795. The first-order valence-corrected chi connectivity index (χ1v) is 6.15. The molecule has 0 N–H and O–H groups in total. The minimum absolute atomic E-state index is 0.0795. The lowest BCUT2D eigenvalue weighted by molar-refractivity contribution is -0.391. The SMILES string of the molecule is [2H]C([2H])([2H])Sc1ccc(OCc2ncc([N+](=O)[O-])n2C)cc1. The van der Waals surface area contributed by atoms with Crippen LogP contribution in [-0.2, 0) is 13.7 Å². The normalized spacial score (nSPS) is 13.4. The molecule has 7 heteroatoms. The van der Waals surface area contributed by atoms with Crippen molar-refractivity contribution in [1.82, 2.24) is 9.55 Å². The van der Waals surface area contributed by atoms with Crippen molar-refractivity contribution in [3.05, 3.63) is 46.4 Å². The standard InChI is InChI=1S/C12H13N3O3S/c1-14-11(13-7-12(14)15(16)17)8-18-9-3-5-10(19-2)6-4-9/h3-7H,8H2,1-2H3/i2D3. The van der Waals surface area contributed by atoms with Gasteiger partial charge in [0.05, 0.1) is 7.05 Å². The Bertz CT molecular complexity index is 670.